The Balaban J connectivity index is 1.79. The predicted molar refractivity (Wildman–Crippen MR) is 131 cm³/mol. The Bertz CT molecular complexity index is 1420. The molecule has 0 saturated heterocycles. The van der Waals surface area contributed by atoms with Gasteiger partial charge in [-0.2, -0.15) is 5.26 Å². The SMILES string of the molecule is Cc1nc2ccc(-c3cnc(C(C)(C)O)nc3)cc2c(NC(C)c2cc(C#N)ccc2F)c1C. The van der Waals surface area contributed by atoms with Crippen molar-refractivity contribution in [2.75, 3.05) is 5.32 Å². The molecule has 2 heterocycles. The third-order valence-electron chi connectivity index (χ3n) is 5.96. The van der Waals surface area contributed by atoms with E-state index < -0.39 is 5.60 Å². The Morgan fingerprint density at radius 3 is 2.41 bits per heavy atom. The number of fused-ring (bicyclic) bond motifs is 1. The lowest BCUT2D eigenvalue weighted by atomic mass is 10.00. The highest BCUT2D eigenvalue weighted by Crippen LogP contribution is 2.34. The molecule has 4 aromatic rings. The van der Waals surface area contributed by atoms with Gasteiger partial charge < -0.3 is 10.4 Å². The summed E-state index contributed by atoms with van der Waals surface area (Å²) >= 11 is 0. The first kappa shape index (κ1) is 23.3. The van der Waals surface area contributed by atoms with Crippen LogP contribution >= 0.6 is 0 Å². The van der Waals surface area contributed by atoms with Crippen molar-refractivity contribution in [2.45, 2.75) is 46.3 Å². The van der Waals surface area contributed by atoms with E-state index in [-0.39, 0.29) is 11.9 Å². The molecule has 0 aliphatic carbocycles. The quantitative estimate of drug-likeness (QED) is 0.400. The Morgan fingerprint density at radius 1 is 1.06 bits per heavy atom. The van der Waals surface area contributed by atoms with E-state index in [1.165, 1.54) is 12.1 Å². The van der Waals surface area contributed by atoms with E-state index in [4.69, 9.17) is 4.98 Å². The Kier molecular flexibility index (Phi) is 6.03. The summed E-state index contributed by atoms with van der Waals surface area (Å²) < 4.78 is 14.6. The van der Waals surface area contributed by atoms with Crippen LogP contribution in [-0.4, -0.2) is 20.1 Å². The molecule has 0 saturated carbocycles. The van der Waals surface area contributed by atoms with Crippen LogP contribution in [0.4, 0.5) is 10.1 Å². The van der Waals surface area contributed by atoms with Crippen molar-refractivity contribution >= 4 is 16.6 Å². The summed E-state index contributed by atoms with van der Waals surface area (Å²) in [6.07, 6.45) is 3.38. The van der Waals surface area contributed by atoms with Gasteiger partial charge in [-0.3, -0.25) is 4.98 Å². The summed E-state index contributed by atoms with van der Waals surface area (Å²) in [7, 11) is 0. The fraction of sp³-hybridized carbons (Fsp3) is 0.259. The molecule has 6 nitrogen and oxygen atoms in total. The van der Waals surface area contributed by atoms with Gasteiger partial charge in [-0.1, -0.05) is 6.07 Å². The molecule has 0 fully saturated rings. The maximum absolute atomic E-state index is 14.6. The zero-order valence-corrected chi connectivity index (χ0v) is 19.8. The van der Waals surface area contributed by atoms with Crippen molar-refractivity contribution < 1.29 is 9.50 Å². The molecule has 0 bridgehead atoms. The number of aliphatic hydroxyl groups is 1. The van der Waals surface area contributed by atoms with Crippen LogP contribution in [0.3, 0.4) is 0 Å². The van der Waals surface area contributed by atoms with Gasteiger partial charge in [0.25, 0.3) is 0 Å². The second kappa shape index (κ2) is 8.81. The number of halogens is 1. The molecule has 2 N–H and O–H groups in total. The number of nitrogens with one attached hydrogen (secondary N) is 1. The van der Waals surface area contributed by atoms with E-state index in [1.54, 1.807) is 32.3 Å². The van der Waals surface area contributed by atoms with Gasteiger partial charge in [0.05, 0.1) is 23.2 Å². The lowest BCUT2D eigenvalue weighted by molar-refractivity contribution is 0.0687. The highest BCUT2D eigenvalue weighted by molar-refractivity contribution is 5.96. The second-order valence-corrected chi connectivity index (χ2v) is 9.00. The molecule has 2 aromatic heterocycles. The average Bonchev–Trinajstić information content (AvgIpc) is 2.81. The molecule has 34 heavy (non-hydrogen) atoms. The number of aryl methyl sites for hydroxylation is 1. The minimum absolute atomic E-state index is 0.350. The number of hydrogen-bond donors (Lipinski definition) is 2. The number of nitrogens with zero attached hydrogens (tertiary/aromatic N) is 4. The molecular weight excluding hydrogens is 429 g/mol. The first-order valence-corrected chi connectivity index (χ1v) is 11.0. The highest BCUT2D eigenvalue weighted by Gasteiger charge is 2.20. The number of rotatable bonds is 5. The van der Waals surface area contributed by atoms with Crippen molar-refractivity contribution in [3.8, 4) is 17.2 Å². The van der Waals surface area contributed by atoms with E-state index in [0.717, 1.165) is 39.0 Å². The zero-order valence-electron chi connectivity index (χ0n) is 19.8. The first-order chi connectivity index (χ1) is 16.1. The lowest BCUT2D eigenvalue weighted by Gasteiger charge is -2.21. The summed E-state index contributed by atoms with van der Waals surface area (Å²) in [5, 5.41) is 23.7. The minimum Gasteiger partial charge on any atom is -0.382 e. The van der Waals surface area contributed by atoms with Gasteiger partial charge in [-0.05, 0) is 76.1 Å². The third kappa shape index (κ3) is 4.45. The maximum atomic E-state index is 14.6. The Morgan fingerprint density at radius 2 is 1.76 bits per heavy atom. The molecule has 0 radical (unpaired) electrons. The Labute approximate surface area is 198 Å². The van der Waals surface area contributed by atoms with Crippen molar-refractivity contribution in [3.05, 3.63) is 82.8 Å². The molecule has 1 unspecified atom stereocenters. The van der Waals surface area contributed by atoms with Gasteiger partial charge in [0, 0.05) is 40.3 Å². The van der Waals surface area contributed by atoms with Crippen LogP contribution in [-0.2, 0) is 5.60 Å². The highest BCUT2D eigenvalue weighted by atomic mass is 19.1. The van der Waals surface area contributed by atoms with Crippen LogP contribution in [0.5, 0.6) is 0 Å². The summed E-state index contributed by atoms with van der Waals surface area (Å²) in [5.74, 6) is -0.0144. The molecule has 2 aromatic carbocycles. The number of aromatic nitrogens is 3. The third-order valence-corrected chi connectivity index (χ3v) is 5.96. The second-order valence-electron chi connectivity index (χ2n) is 9.00. The Hall–Kier alpha value is -3.89. The van der Waals surface area contributed by atoms with E-state index in [0.29, 0.717) is 17.0 Å². The van der Waals surface area contributed by atoms with Gasteiger partial charge in [0.15, 0.2) is 5.82 Å². The fourth-order valence-corrected chi connectivity index (χ4v) is 3.88. The summed E-state index contributed by atoms with van der Waals surface area (Å²) in [5.41, 5.74) is 4.91. The zero-order chi connectivity index (χ0) is 24.6. The topological polar surface area (TPSA) is 94.7 Å². The molecule has 1 atom stereocenters. The first-order valence-electron chi connectivity index (χ1n) is 11.0. The molecular formula is C27H26FN5O. The number of hydrogen-bond acceptors (Lipinski definition) is 6. The molecule has 172 valence electrons. The van der Waals surface area contributed by atoms with Crippen molar-refractivity contribution in [2.24, 2.45) is 0 Å². The number of benzene rings is 2. The fourth-order valence-electron chi connectivity index (χ4n) is 3.88. The molecule has 0 aliphatic heterocycles. The average molecular weight is 456 g/mol. The van der Waals surface area contributed by atoms with Gasteiger partial charge in [-0.25, -0.2) is 14.4 Å². The van der Waals surface area contributed by atoms with E-state index in [2.05, 4.69) is 21.4 Å². The molecule has 0 aliphatic rings. The molecule has 7 heteroatoms. The van der Waals surface area contributed by atoms with Gasteiger partial charge in [0.1, 0.15) is 11.4 Å². The van der Waals surface area contributed by atoms with Crippen LogP contribution in [0.1, 0.15) is 55.0 Å². The van der Waals surface area contributed by atoms with Gasteiger partial charge in [-0.15, -0.1) is 0 Å². The van der Waals surface area contributed by atoms with Crippen molar-refractivity contribution in [3.63, 3.8) is 0 Å². The molecule has 0 spiro atoms. The smallest absolute Gasteiger partial charge is 0.159 e. The van der Waals surface area contributed by atoms with E-state index >= 15 is 0 Å². The largest absolute Gasteiger partial charge is 0.382 e. The predicted octanol–water partition coefficient (Wildman–Crippen LogP) is 5.72. The van der Waals surface area contributed by atoms with Crippen LogP contribution < -0.4 is 5.32 Å². The monoisotopic (exact) mass is 455 g/mol. The van der Waals surface area contributed by atoms with E-state index in [9.17, 15) is 14.8 Å². The summed E-state index contributed by atoms with van der Waals surface area (Å²) in [4.78, 5) is 13.3. The van der Waals surface area contributed by atoms with Crippen molar-refractivity contribution in [1.82, 2.24) is 15.0 Å². The normalized spacial score (nSPS) is 12.4. The van der Waals surface area contributed by atoms with E-state index in [1.807, 2.05) is 39.0 Å². The van der Waals surface area contributed by atoms with Gasteiger partial charge in [0.2, 0.25) is 0 Å². The maximum Gasteiger partial charge on any atom is 0.159 e. The minimum atomic E-state index is -1.12. The number of anilines is 1. The number of pyridine rings is 1. The van der Waals surface area contributed by atoms with Crippen LogP contribution in [0.2, 0.25) is 0 Å². The van der Waals surface area contributed by atoms with Crippen molar-refractivity contribution in [1.29, 1.82) is 5.26 Å². The molecule has 0 amide bonds. The molecule has 4 rings (SSSR count). The van der Waals surface area contributed by atoms with Gasteiger partial charge >= 0.3 is 0 Å². The standard InChI is InChI=1S/C27H26FN5O/c1-15-16(2)32-24-9-7-19(20-13-30-26(31-14-20)27(4,5)34)11-22(24)25(15)33-17(3)21-10-18(12-29)6-8-23(21)28/h6-11,13-14,17,34H,1-5H3,(H,32,33). The lowest BCUT2D eigenvalue weighted by Crippen LogP contribution is -2.19. The van der Waals surface area contributed by atoms with Crippen LogP contribution in [0.15, 0.2) is 48.8 Å². The number of nitriles is 1. The van der Waals surface area contributed by atoms with Crippen LogP contribution in [0.25, 0.3) is 22.0 Å². The summed E-state index contributed by atoms with van der Waals surface area (Å²) in [6, 6.07) is 12.0. The van der Waals surface area contributed by atoms with Crippen LogP contribution in [0, 0.1) is 31.0 Å². The summed E-state index contributed by atoms with van der Waals surface area (Å²) in [6.45, 7) is 9.07.